The Hall–Kier alpha value is 0.330. The molecule has 0 unspecified atom stereocenters. The van der Waals surface area contributed by atoms with Crippen molar-refractivity contribution in [2.45, 2.75) is 93.2 Å². The Bertz CT molecular complexity index is 310. The molecule has 0 fully saturated rings. The molecule has 0 aromatic heterocycles. The van der Waals surface area contributed by atoms with Crippen LogP contribution in [-0.2, 0) is 26.2 Å². The molecule has 0 heterocycles. The topological polar surface area (TPSA) is 42.3 Å². The third-order valence-electron chi connectivity index (χ3n) is 3.65. The van der Waals surface area contributed by atoms with E-state index in [-0.39, 0.29) is 26.2 Å². The van der Waals surface area contributed by atoms with Crippen molar-refractivity contribution in [1.29, 1.82) is 0 Å². The van der Waals surface area contributed by atoms with Crippen LogP contribution in [0.2, 0.25) is 13.1 Å². The fourth-order valence-electron chi connectivity index (χ4n) is 2.06. The van der Waals surface area contributed by atoms with E-state index in [1.807, 2.05) is 0 Å². The SMILES string of the molecule is CCC[N-]CCC.CCC[N-]CCC.CCC[N-]CCC.C[SiH](C)[c-]1cccc1.[Zr+4]. The second kappa shape index (κ2) is 36.7. The molecule has 0 saturated carbocycles. The van der Waals surface area contributed by atoms with Gasteiger partial charge in [-0.05, 0) is 0 Å². The van der Waals surface area contributed by atoms with Crippen LogP contribution in [0, 0.1) is 0 Å². The molecule has 0 spiro atoms. The maximum Gasteiger partial charge on any atom is 4.00 e. The molecular formula is C25H53N3SiZr. The molecule has 0 N–H and O–H groups in total. The predicted molar refractivity (Wildman–Crippen MR) is 142 cm³/mol. The maximum absolute atomic E-state index is 4.21. The van der Waals surface area contributed by atoms with E-state index in [0.29, 0.717) is 0 Å². The number of nitrogens with zero attached hydrogens (tertiary/aromatic N) is 3. The van der Waals surface area contributed by atoms with E-state index in [4.69, 9.17) is 0 Å². The van der Waals surface area contributed by atoms with Crippen molar-refractivity contribution in [3.05, 3.63) is 40.2 Å². The second-order valence-electron chi connectivity index (χ2n) is 7.39. The van der Waals surface area contributed by atoms with Crippen molar-refractivity contribution in [1.82, 2.24) is 0 Å². The van der Waals surface area contributed by atoms with E-state index in [2.05, 4.69) is 94.9 Å². The zero-order valence-electron chi connectivity index (χ0n) is 21.7. The van der Waals surface area contributed by atoms with Crippen LogP contribution in [0.1, 0.15) is 80.1 Å². The van der Waals surface area contributed by atoms with E-state index in [9.17, 15) is 0 Å². The molecule has 0 amide bonds. The molecule has 1 rings (SSSR count). The molecule has 0 saturated heterocycles. The zero-order valence-corrected chi connectivity index (χ0v) is 25.3. The van der Waals surface area contributed by atoms with Crippen molar-refractivity contribution in [2.75, 3.05) is 39.3 Å². The first-order chi connectivity index (χ1) is 14.0. The fourth-order valence-corrected chi connectivity index (χ4v) is 3.05. The van der Waals surface area contributed by atoms with Crippen molar-refractivity contribution < 1.29 is 26.2 Å². The average Bonchev–Trinajstić information content (AvgIpc) is 3.26. The van der Waals surface area contributed by atoms with Crippen molar-refractivity contribution in [3.8, 4) is 0 Å². The van der Waals surface area contributed by atoms with Gasteiger partial charge >= 0.3 is 26.2 Å². The summed E-state index contributed by atoms with van der Waals surface area (Å²) in [6, 6.07) is 8.67. The number of hydrogen-bond acceptors (Lipinski definition) is 0. The van der Waals surface area contributed by atoms with Crippen molar-refractivity contribution >= 4 is 14.0 Å². The number of hydrogen-bond donors (Lipinski definition) is 0. The molecular weight excluding hydrogens is 462 g/mol. The molecule has 1 aromatic carbocycles. The molecule has 0 bridgehead atoms. The van der Waals surface area contributed by atoms with E-state index >= 15 is 0 Å². The first-order valence-electron chi connectivity index (χ1n) is 12.2. The molecule has 5 heteroatoms. The third-order valence-corrected chi connectivity index (χ3v) is 5.36. The van der Waals surface area contributed by atoms with Crippen LogP contribution in [0.5, 0.6) is 0 Å². The summed E-state index contributed by atoms with van der Waals surface area (Å²) in [5.74, 6) is 0. The van der Waals surface area contributed by atoms with Crippen LogP contribution >= 0.6 is 0 Å². The standard InChI is InChI=1S/C7H11Si.3C6H14N.Zr/c1-8(2)7-5-3-4-6-7;3*1-3-5-7-6-4-2;/h3-6,8H,1-2H3;3*3-6H2,1-2H3;/q4*-1;+4. The minimum atomic E-state index is -0.480. The molecule has 30 heavy (non-hydrogen) atoms. The van der Waals surface area contributed by atoms with Gasteiger partial charge in [0.1, 0.15) is 0 Å². The quantitative estimate of drug-likeness (QED) is 0.147. The summed E-state index contributed by atoms with van der Waals surface area (Å²) < 4.78 is 0. The summed E-state index contributed by atoms with van der Waals surface area (Å²) in [4.78, 5) is 0. The smallest absolute Gasteiger partial charge is 0.662 e. The summed E-state index contributed by atoms with van der Waals surface area (Å²) in [7, 11) is -0.480. The van der Waals surface area contributed by atoms with Gasteiger partial charge in [0, 0.05) is 8.80 Å². The Balaban J connectivity index is -0.000000149. The summed E-state index contributed by atoms with van der Waals surface area (Å²) in [6.07, 6.45) is 7.17. The van der Waals surface area contributed by atoms with Crippen LogP contribution in [0.4, 0.5) is 0 Å². The fraction of sp³-hybridized carbons (Fsp3) is 0.800. The Labute approximate surface area is 212 Å². The summed E-state index contributed by atoms with van der Waals surface area (Å²) in [5, 5.41) is 14.2. The Morgan fingerprint density at radius 2 is 0.767 bits per heavy atom. The van der Waals surface area contributed by atoms with Gasteiger partial charge in [-0.15, -0.1) is 39.3 Å². The van der Waals surface area contributed by atoms with Gasteiger partial charge in [-0.25, -0.2) is 12.1 Å². The predicted octanol–water partition coefficient (Wildman–Crippen LogP) is 7.64. The van der Waals surface area contributed by atoms with Crippen LogP contribution in [0.3, 0.4) is 0 Å². The molecule has 0 aliphatic rings. The largest absolute Gasteiger partial charge is 4.00 e. The van der Waals surface area contributed by atoms with Gasteiger partial charge in [0.05, 0.1) is 0 Å². The van der Waals surface area contributed by atoms with Crippen molar-refractivity contribution in [3.63, 3.8) is 0 Å². The first-order valence-corrected chi connectivity index (χ1v) is 15.0. The van der Waals surface area contributed by atoms with Crippen LogP contribution in [0.15, 0.2) is 24.3 Å². The van der Waals surface area contributed by atoms with Gasteiger partial charge in [0.25, 0.3) is 0 Å². The maximum atomic E-state index is 4.21. The monoisotopic (exact) mass is 513 g/mol. The van der Waals surface area contributed by atoms with Gasteiger partial charge in [-0.2, -0.15) is 17.3 Å². The van der Waals surface area contributed by atoms with Gasteiger partial charge in [-0.1, -0.05) is 93.2 Å². The van der Waals surface area contributed by atoms with Crippen LogP contribution in [-0.4, -0.2) is 48.1 Å². The molecule has 0 radical (unpaired) electrons. The molecule has 0 aliphatic heterocycles. The molecule has 3 nitrogen and oxygen atoms in total. The van der Waals surface area contributed by atoms with E-state index in [1.165, 1.54) is 38.5 Å². The first kappa shape index (κ1) is 37.6. The third kappa shape index (κ3) is 38.9. The Kier molecular flexibility index (Phi) is 46.0. The second-order valence-corrected chi connectivity index (χ2v) is 10.4. The Morgan fingerprint density at radius 3 is 0.900 bits per heavy atom. The van der Waals surface area contributed by atoms with Gasteiger partial charge < -0.3 is 16.0 Å². The number of rotatable bonds is 13. The van der Waals surface area contributed by atoms with E-state index in [0.717, 1.165) is 39.3 Å². The van der Waals surface area contributed by atoms with Gasteiger partial charge in [0.2, 0.25) is 0 Å². The average molecular weight is 515 g/mol. The summed E-state index contributed by atoms with van der Waals surface area (Å²) in [6.45, 7) is 23.9. The van der Waals surface area contributed by atoms with Crippen molar-refractivity contribution in [2.24, 2.45) is 0 Å². The van der Waals surface area contributed by atoms with E-state index < -0.39 is 8.80 Å². The Morgan fingerprint density at radius 1 is 0.533 bits per heavy atom. The normalized spacial score (nSPS) is 9.37. The minimum absolute atomic E-state index is 0. The molecule has 1 aromatic rings. The van der Waals surface area contributed by atoms with Crippen LogP contribution in [0.25, 0.3) is 16.0 Å². The summed E-state index contributed by atoms with van der Waals surface area (Å²) in [5.41, 5.74) is 0. The molecule has 0 aliphatic carbocycles. The zero-order chi connectivity index (χ0) is 22.6. The van der Waals surface area contributed by atoms with Gasteiger partial charge in [0.15, 0.2) is 0 Å². The van der Waals surface area contributed by atoms with Gasteiger partial charge in [-0.3, -0.25) is 0 Å². The summed E-state index contributed by atoms with van der Waals surface area (Å²) >= 11 is 0. The molecule has 176 valence electrons. The van der Waals surface area contributed by atoms with E-state index in [1.54, 1.807) is 5.19 Å². The minimum Gasteiger partial charge on any atom is -0.662 e. The molecule has 0 atom stereocenters. The van der Waals surface area contributed by atoms with Crippen LogP contribution < -0.4 is 5.19 Å².